The summed E-state index contributed by atoms with van der Waals surface area (Å²) in [5, 5.41) is 22.0. The van der Waals surface area contributed by atoms with Crippen molar-refractivity contribution in [1.29, 1.82) is 0 Å². The number of Topliss-reactive ketones (excluding diaryl/α,β-unsaturated/α-hetero) is 1. The van der Waals surface area contributed by atoms with Gasteiger partial charge in [0, 0.05) is 43.6 Å². The lowest BCUT2D eigenvalue weighted by Crippen LogP contribution is -2.23. The Morgan fingerprint density at radius 2 is 1.43 bits per heavy atom. The van der Waals surface area contributed by atoms with Gasteiger partial charge >= 0.3 is 0 Å². The lowest BCUT2D eigenvalue weighted by molar-refractivity contribution is -0.117. The van der Waals surface area contributed by atoms with Gasteiger partial charge in [-0.15, -0.1) is 0 Å². The fourth-order valence-electron chi connectivity index (χ4n) is 4.18. The number of ketones is 1. The maximum atomic E-state index is 12.9. The Labute approximate surface area is 267 Å². The van der Waals surface area contributed by atoms with Gasteiger partial charge in [-0.3, -0.25) is 4.79 Å². The van der Waals surface area contributed by atoms with Gasteiger partial charge in [-0.25, -0.2) is 0 Å². The van der Waals surface area contributed by atoms with Crippen molar-refractivity contribution in [2.24, 2.45) is 0 Å². The molecule has 0 fully saturated rings. The normalized spacial score (nSPS) is 10.7. The van der Waals surface area contributed by atoms with Gasteiger partial charge in [0.1, 0.15) is 17.3 Å². The Balaban J connectivity index is 1.38. The van der Waals surface area contributed by atoms with E-state index in [-0.39, 0.29) is 29.3 Å². The Bertz CT molecular complexity index is 1550. The van der Waals surface area contributed by atoms with E-state index in [0.717, 1.165) is 5.56 Å². The zero-order chi connectivity index (χ0) is 32.6. The quantitative estimate of drug-likeness (QED) is 0.0709. The fourth-order valence-corrected chi connectivity index (χ4v) is 4.18. The third kappa shape index (κ3) is 11.3. The van der Waals surface area contributed by atoms with Gasteiger partial charge in [-0.05, 0) is 55.3 Å². The number of phenols is 1. The van der Waals surface area contributed by atoms with Crippen molar-refractivity contribution in [3.05, 3.63) is 83.9 Å². The first kappa shape index (κ1) is 33.6. The molecule has 0 aliphatic heterocycles. The maximum Gasteiger partial charge on any atom is 0.255 e. The van der Waals surface area contributed by atoms with Crippen molar-refractivity contribution in [3.63, 3.8) is 0 Å². The molecule has 0 unspecified atom stereocenters. The standard InChI is InChI=1S/C33H39N7O6/c1-23(41)7-6-17-45-19-20-46-18-16-34-31-38-32(36-25-10-13-27(42)14-11-25)40-33(39-31)37-26-12-15-28(29(21-26)44-2)30(43)35-22-24-8-4-3-5-9-24/h3-5,8-15,21,42H,6-7,16-20,22H2,1-2H3,(H,35,43)(H3,34,36,37,38,39,40). The Kier molecular flexibility index (Phi) is 13.1. The first-order chi connectivity index (χ1) is 22.4. The van der Waals surface area contributed by atoms with Crippen molar-refractivity contribution in [3.8, 4) is 11.5 Å². The second-order valence-corrected chi connectivity index (χ2v) is 10.1. The van der Waals surface area contributed by atoms with Gasteiger partial charge in [-0.1, -0.05) is 30.3 Å². The Morgan fingerprint density at radius 3 is 2.13 bits per heavy atom. The summed E-state index contributed by atoms with van der Waals surface area (Å²) < 4.78 is 16.6. The summed E-state index contributed by atoms with van der Waals surface area (Å²) in [7, 11) is 1.50. The number of rotatable bonds is 19. The highest BCUT2D eigenvalue weighted by atomic mass is 16.5. The molecule has 4 aromatic rings. The minimum atomic E-state index is -0.263. The van der Waals surface area contributed by atoms with Crippen LogP contribution in [-0.4, -0.2) is 71.8 Å². The van der Waals surface area contributed by atoms with Crippen LogP contribution in [0.5, 0.6) is 11.5 Å². The van der Waals surface area contributed by atoms with Crippen LogP contribution in [0.1, 0.15) is 35.7 Å². The average Bonchev–Trinajstić information content (AvgIpc) is 3.05. The highest BCUT2D eigenvalue weighted by Crippen LogP contribution is 2.26. The molecule has 3 aromatic carbocycles. The Morgan fingerprint density at radius 1 is 0.783 bits per heavy atom. The zero-order valence-electron chi connectivity index (χ0n) is 25.9. The smallest absolute Gasteiger partial charge is 0.255 e. The third-order valence-corrected chi connectivity index (χ3v) is 6.48. The first-order valence-corrected chi connectivity index (χ1v) is 14.9. The number of aromatic nitrogens is 3. The molecule has 13 nitrogen and oxygen atoms in total. The number of nitrogens with zero attached hydrogens (tertiary/aromatic N) is 3. The minimum Gasteiger partial charge on any atom is -0.508 e. The molecule has 0 aliphatic carbocycles. The van der Waals surface area contributed by atoms with Crippen molar-refractivity contribution in [2.45, 2.75) is 26.3 Å². The van der Waals surface area contributed by atoms with Gasteiger partial charge in [-0.2, -0.15) is 15.0 Å². The summed E-state index contributed by atoms with van der Waals surface area (Å²) in [6, 6.07) is 21.2. The molecule has 0 radical (unpaired) electrons. The van der Waals surface area contributed by atoms with E-state index in [4.69, 9.17) is 14.2 Å². The number of ether oxygens (including phenoxy) is 3. The summed E-state index contributed by atoms with van der Waals surface area (Å²) in [6.45, 7) is 4.15. The monoisotopic (exact) mass is 629 g/mol. The molecule has 46 heavy (non-hydrogen) atoms. The number of methoxy groups -OCH3 is 1. The van der Waals surface area contributed by atoms with Crippen LogP contribution in [0, 0.1) is 0 Å². The van der Waals surface area contributed by atoms with E-state index in [1.165, 1.54) is 7.11 Å². The SMILES string of the molecule is COc1cc(Nc2nc(NCCOCCOCCCC(C)=O)nc(Nc3ccc(O)cc3)n2)ccc1C(=O)NCc1ccccc1. The topological polar surface area (TPSA) is 169 Å². The largest absolute Gasteiger partial charge is 0.508 e. The molecule has 0 bridgehead atoms. The molecule has 1 aromatic heterocycles. The summed E-state index contributed by atoms with van der Waals surface area (Å²) >= 11 is 0. The van der Waals surface area contributed by atoms with Crippen LogP contribution in [0.4, 0.5) is 29.2 Å². The molecule has 0 aliphatic rings. The average molecular weight is 630 g/mol. The number of anilines is 5. The van der Waals surface area contributed by atoms with Crippen molar-refractivity contribution in [2.75, 3.05) is 56.0 Å². The van der Waals surface area contributed by atoms with E-state index in [1.54, 1.807) is 49.4 Å². The summed E-state index contributed by atoms with van der Waals surface area (Å²) in [4.78, 5) is 37.3. The second kappa shape index (κ2) is 17.9. The molecule has 0 saturated carbocycles. The van der Waals surface area contributed by atoms with Gasteiger partial charge in [0.15, 0.2) is 0 Å². The van der Waals surface area contributed by atoms with E-state index in [9.17, 15) is 14.7 Å². The molecule has 1 heterocycles. The molecular formula is C33H39N7O6. The van der Waals surface area contributed by atoms with Crippen molar-refractivity contribution in [1.82, 2.24) is 20.3 Å². The molecule has 1 amide bonds. The van der Waals surface area contributed by atoms with Crippen LogP contribution in [-0.2, 0) is 20.8 Å². The number of nitrogens with one attached hydrogen (secondary N) is 4. The molecule has 4 rings (SSSR count). The van der Waals surface area contributed by atoms with E-state index in [0.29, 0.717) is 81.0 Å². The van der Waals surface area contributed by atoms with Gasteiger partial charge in [0.2, 0.25) is 17.8 Å². The lowest BCUT2D eigenvalue weighted by atomic mass is 10.1. The molecule has 0 atom stereocenters. The molecule has 0 spiro atoms. The number of hydrogen-bond acceptors (Lipinski definition) is 12. The second-order valence-electron chi connectivity index (χ2n) is 10.1. The highest BCUT2D eigenvalue weighted by molar-refractivity contribution is 5.97. The summed E-state index contributed by atoms with van der Waals surface area (Å²) in [5.74, 6) is 1.20. The molecule has 242 valence electrons. The predicted molar refractivity (Wildman–Crippen MR) is 175 cm³/mol. The van der Waals surface area contributed by atoms with Gasteiger partial charge < -0.3 is 45.4 Å². The fraction of sp³-hybridized carbons (Fsp3) is 0.303. The van der Waals surface area contributed by atoms with Crippen LogP contribution >= 0.6 is 0 Å². The van der Waals surface area contributed by atoms with Crippen LogP contribution in [0.2, 0.25) is 0 Å². The Hall–Kier alpha value is -5.27. The van der Waals surface area contributed by atoms with Crippen molar-refractivity contribution < 1.29 is 28.9 Å². The minimum absolute atomic E-state index is 0.138. The number of aromatic hydroxyl groups is 1. The number of phenolic OH excluding ortho intramolecular Hbond substituents is 1. The zero-order valence-corrected chi connectivity index (χ0v) is 25.9. The molecule has 0 saturated heterocycles. The van der Waals surface area contributed by atoms with E-state index in [1.807, 2.05) is 30.3 Å². The maximum absolute atomic E-state index is 12.9. The summed E-state index contributed by atoms with van der Waals surface area (Å²) in [5.41, 5.74) is 2.64. The van der Waals surface area contributed by atoms with Gasteiger partial charge in [0.25, 0.3) is 5.91 Å². The molecular weight excluding hydrogens is 590 g/mol. The van der Waals surface area contributed by atoms with Gasteiger partial charge in [0.05, 0.1) is 32.5 Å². The van der Waals surface area contributed by atoms with Crippen LogP contribution in [0.3, 0.4) is 0 Å². The number of amides is 1. The van der Waals surface area contributed by atoms with E-state index < -0.39 is 0 Å². The number of benzene rings is 3. The molecule has 13 heteroatoms. The summed E-state index contributed by atoms with van der Waals surface area (Å²) in [6.07, 6.45) is 1.22. The lowest BCUT2D eigenvalue weighted by Gasteiger charge is -2.14. The number of hydrogen-bond donors (Lipinski definition) is 5. The number of carbonyl (C=O) groups excluding carboxylic acids is 2. The first-order valence-electron chi connectivity index (χ1n) is 14.9. The molecule has 5 N–H and O–H groups in total. The van der Waals surface area contributed by atoms with E-state index in [2.05, 4.69) is 36.2 Å². The predicted octanol–water partition coefficient (Wildman–Crippen LogP) is 4.82. The van der Waals surface area contributed by atoms with Crippen LogP contribution < -0.4 is 26.0 Å². The van der Waals surface area contributed by atoms with Crippen LogP contribution in [0.15, 0.2) is 72.8 Å². The van der Waals surface area contributed by atoms with Crippen molar-refractivity contribution >= 4 is 40.9 Å². The van der Waals surface area contributed by atoms with Crippen LogP contribution in [0.25, 0.3) is 0 Å². The highest BCUT2D eigenvalue weighted by Gasteiger charge is 2.14. The number of carbonyl (C=O) groups is 2. The van der Waals surface area contributed by atoms with E-state index >= 15 is 0 Å². The third-order valence-electron chi connectivity index (χ3n) is 6.48.